The number of hydrogen-bond donors (Lipinski definition) is 1. The normalized spacial score (nSPS) is 21.1. The van der Waals surface area contributed by atoms with Crippen molar-refractivity contribution in [3.8, 4) is 0 Å². The number of piperidine rings is 2. The van der Waals surface area contributed by atoms with Crippen LogP contribution in [0.25, 0.3) is 9.81 Å². The molecular weight excluding hydrogens is 607 g/mol. The lowest BCUT2D eigenvalue weighted by atomic mass is 10.0. The van der Waals surface area contributed by atoms with Crippen LogP contribution in [-0.2, 0) is 14.3 Å². The smallest absolute Gasteiger partial charge is 0.211 e. The lowest BCUT2D eigenvalue weighted by Crippen LogP contribution is -2.37. The van der Waals surface area contributed by atoms with Gasteiger partial charge in [-0.1, -0.05) is 24.3 Å². The maximum absolute atomic E-state index is 13.5. The van der Waals surface area contributed by atoms with Gasteiger partial charge in [-0.2, -0.15) is 11.8 Å². The highest BCUT2D eigenvalue weighted by atomic mass is 32.2. The summed E-state index contributed by atoms with van der Waals surface area (Å²) in [6, 6.07) is 17.6. The summed E-state index contributed by atoms with van der Waals surface area (Å²) in [4.78, 5) is 20.5. The minimum Gasteiger partial charge on any atom is -0.375 e. The Balaban J connectivity index is 1.34. The van der Waals surface area contributed by atoms with Crippen molar-refractivity contribution in [1.82, 2.24) is 4.72 Å². The molecule has 0 amide bonds. The summed E-state index contributed by atoms with van der Waals surface area (Å²) in [6.07, 6.45) is 8.42. The second-order valence-electron chi connectivity index (χ2n) is 12.5. The summed E-state index contributed by atoms with van der Waals surface area (Å²) in [6.45, 7) is 12.5. The van der Waals surface area contributed by atoms with Crippen LogP contribution in [0, 0.1) is 0 Å². The number of carbonyl (C=O) groups excluding carboxylic acids is 1. The van der Waals surface area contributed by atoms with Gasteiger partial charge in [-0.25, -0.2) is 4.72 Å². The molecule has 2 saturated heterocycles. The fourth-order valence-electron chi connectivity index (χ4n) is 6.15. The zero-order valence-electron chi connectivity index (χ0n) is 26.9. The van der Waals surface area contributed by atoms with Gasteiger partial charge in [-0.05, 0) is 131 Å². The monoisotopic (exact) mass is 655 g/mol. The lowest BCUT2D eigenvalue weighted by Gasteiger charge is -2.34. The van der Waals surface area contributed by atoms with E-state index in [0.717, 1.165) is 85.0 Å². The summed E-state index contributed by atoms with van der Waals surface area (Å²) in [5.74, 6) is 0.955. The molecule has 0 aliphatic carbocycles. The molecule has 0 spiro atoms. The van der Waals surface area contributed by atoms with Gasteiger partial charge in [0, 0.05) is 47.4 Å². The van der Waals surface area contributed by atoms with Crippen LogP contribution in [0.5, 0.6) is 0 Å². The molecule has 240 valence electrons. The van der Waals surface area contributed by atoms with Crippen molar-refractivity contribution in [1.29, 1.82) is 0 Å². The number of hydrogen-bond acceptors (Lipinski definition) is 9. The molecule has 0 saturated carbocycles. The molecule has 2 aromatic rings. The van der Waals surface area contributed by atoms with Gasteiger partial charge in [0.2, 0.25) is 5.12 Å². The number of nitrogens with zero attached hydrogens (tertiary/aromatic N) is 2. The van der Waals surface area contributed by atoms with Gasteiger partial charge in [0.05, 0.1) is 30.5 Å². The number of rotatable bonds is 11. The molecule has 1 unspecified atom stereocenters. The van der Waals surface area contributed by atoms with Crippen molar-refractivity contribution in [2.45, 2.75) is 90.3 Å². The van der Waals surface area contributed by atoms with Crippen LogP contribution >= 0.6 is 35.5 Å². The Morgan fingerprint density at radius 1 is 0.773 bits per heavy atom. The SMILES string of the molecule is CSCCC1NSC(c2ccc(N3CCC(OC(C)C)CC3)cc2)=C(c2ccc(N3CCC(OC(C)C)CC3)cc2)SC1=O. The number of ether oxygens (including phenoxy) is 2. The fourth-order valence-corrected chi connectivity index (χ4v) is 8.88. The topological polar surface area (TPSA) is 54.0 Å². The van der Waals surface area contributed by atoms with Gasteiger partial charge in [0.1, 0.15) is 0 Å². The van der Waals surface area contributed by atoms with Crippen molar-refractivity contribution in [3.05, 3.63) is 59.7 Å². The minimum atomic E-state index is -0.174. The van der Waals surface area contributed by atoms with Crippen LogP contribution in [0.2, 0.25) is 0 Å². The molecule has 0 aromatic heterocycles. The summed E-state index contributed by atoms with van der Waals surface area (Å²) in [5.41, 5.74) is 4.72. The zero-order valence-corrected chi connectivity index (χ0v) is 29.4. The Bertz CT molecular complexity index is 1240. The maximum Gasteiger partial charge on any atom is 0.211 e. The Kier molecular flexibility index (Phi) is 12.5. The molecule has 3 aliphatic rings. The first-order valence-electron chi connectivity index (χ1n) is 16.2. The van der Waals surface area contributed by atoms with Gasteiger partial charge in [0.25, 0.3) is 0 Å². The maximum atomic E-state index is 13.5. The molecule has 0 radical (unpaired) electrons. The van der Waals surface area contributed by atoms with Crippen LogP contribution in [0.4, 0.5) is 11.4 Å². The van der Waals surface area contributed by atoms with E-state index in [1.807, 2.05) is 0 Å². The van der Waals surface area contributed by atoms with E-state index in [0.29, 0.717) is 12.2 Å². The zero-order chi connectivity index (χ0) is 31.1. The van der Waals surface area contributed by atoms with Gasteiger partial charge < -0.3 is 19.3 Å². The van der Waals surface area contributed by atoms with Crippen LogP contribution in [0.3, 0.4) is 0 Å². The van der Waals surface area contributed by atoms with Crippen molar-refractivity contribution < 1.29 is 14.3 Å². The van der Waals surface area contributed by atoms with Crippen molar-refractivity contribution in [2.24, 2.45) is 0 Å². The predicted molar refractivity (Wildman–Crippen MR) is 193 cm³/mol. The van der Waals surface area contributed by atoms with Gasteiger partial charge >= 0.3 is 0 Å². The van der Waals surface area contributed by atoms with E-state index < -0.39 is 0 Å². The van der Waals surface area contributed by atoms with Crippen molar-refractivity contribution in [2.75, 3.05) is 48.0 Å². The van der Waals surface area contributed by atoms with E-state index in [-0.39, 0.29) is 23.4 Å². The molecule has 5 rings (SSSR count). The molecule has 3 aliphatic heterocycles. The molecule has 1 atom stereocenters. The first-order valence-corrected chi connectivity index (χ1v) is 19.2. The fraction of sp³-hybridized carbons (Fsp3) is 0.571. The van der Waals surface area contributed by atoms with E-state index in [9.17, 15) is 4.79 Å². The van der Waals surface area contributed by atoms with Crippen molar-refractivity contribution >= 4 is 61.8 Å². The Morgan fingerprint density at radius 3 is 1.66 bits per heavy atom. The first kappa shape index (κ1) is 33.7. The molecular formula is C35H49N3O3S3. The van der Waals surface area contributed by atoms with Crippen LogP contribution < -0.4 is 14.5 Å². The average molecular weight is 656 g/mol. The van der Waals surface area contributed by atoms with Gasteiger partial charge in [-0.3, -0.25) is 4.79 Å². The number of benzene rings is 2. The molecule has 3 heterocycles. The lowest BCUT2D eigenvalue weighted by molar-refractivity contribution is -0.112. The number of nitrogens with one attached hydrogen (secondary N) is 1. The van der Waals surface area contributed by atoms with E-state index in [1.165, 1.54) is 23.1 Å². The number of carbonyl (C=O) groups is 1. The summed E-state index contributed by atoms with van der Waals surface area (Å²) in [7, 11) is 0. The standard InChI is InChI=1S/C35H49N3O3S3/c1-24(2)40-30-14-19-37(20-15-30)28-10-6-26(7-11-28)33-34(44-36-32(18-23-42-5)35(39)43-33)27-8-12-29(13-9-27)38-21-16-31(17-22-38)41-25(3)4/h6-13,24-25,30-32,36H,14-23H2,1-5H3. The van der Waals surface area contributed by atoms with E-state index in [4.69, 9.17) is 9.47 Å². The molecule has 0 bridgehead atoms. The number of anilines is 2. The second kappa shape index (κ2) is 16.3. The molecule has 2 fully saturated rings. The van der Waals surface area contributed by atoms with Crippen LogP contribution in [0.15, 0.2) is 48.5 Å². The average Bonchev–Trinajstić information content (AvgIpc) is 3.19. The Morgan fingerprint density at radius 2 is 1.23 bits per heavy atom. The van der Waals surface area contributed by atoms with E-state index >= 15 is 0 Å². The summed E-state index contributed by atoms with van der Waals surface area (Å²) in [5, 5.41) is 0.191. The van der Waals surface area contributed by atoms with E-state index in [2.05, 4.69) is 97.0 Å². The highest BCUT2D eigenvalue weighted by Crippen LogP contribution is 2.45. The van der Waals surface area contributed by atoms with E-state index in [1.54, 1.807) is 23.7 Å². The number of thioether (sulfide) groups is 2. The first-order chi connectivity index (χ1) is 21.3. The molecule has 9 heteroatoms. The minimum absolute atomic E-state index is 0.174. The van der Waals surface area contributed by atoms with Crippen molar-refractivity contribution in [3.63, 3.8) is 0 Å². The molecule has 6 nitrogen and oxygen atoms in total. The highest BCUT2D eigenvalue weighted by Gasteiger charge is 2.29. The largest absolute Gasteiger partial charge is 0.375 e. The quantitative estimate of drug-likeness (QED) is 0.243. The third-order valence-electron chi connectivity index (χ3n) is 8.41. The Labute approximate surface area is 277 Å². The van der Waals surface area contributed by atoms with Crippen LogP contribution in [-0.4, -0.2) is 73.8 Å². The third-order valence-corrected chi connectivity index (χ3v) is 11.4. The predicted octanol–water partition coefficient (Wildman–Crippen LogP) is 7.93. The third kappa shape index (κ3) is 9.01. The molecule has 44 heavy (non-hydrogen) atoms. The summed E-state index contributed by atoms with van der Waals surface area (Å²) >= 11 is 4.80. The highest BCUT2D eigenvalue weighted by molar-refractivity contribution is 8.23. The molecule has 1 N–H and O–H groups in total. The van der Waals surface area contributed by atoms with Gasteiger partial charge in [-0.15, -0.1) is 0 Å². The van der Waals surface area contributed by atoms with Crippen LogP contribution in [0.1, 0.15) is 70.9 Å². The Hall–Kier alpha value is -1.62. The molecule has 2 aromatic carbocycles. The van der Waals surface area contributed by atoms with Gasteiger partial charge in [0.15, 0.2) is 0 Å². The second-order valence-corrected chi connectivity index (χ2v) is 15.3. The summed E-state index contributed by atoms with van der Waals surface area (Å²) < 4.78 is 15.6.